The molecule has 0 spiro atoms. The molecular weight excluding hydrogens is 314 g/mol. The first kappa shape index (κ1) is 19.6. The molecule has 0 saturated heterocycles. The van der Waals surface area contributed by atoms with Crippen LogP contribution in [0.25, 0.3) is 0 Å². The molecule has 23 heavy (non-hydrogen) atoms. The van der Waals surface area contributed by atoms with Gasteiger partial charge in [-0.05, 0) is 37.5 Å². The number of ether oxygens (including phenoxy) is 1. The van der Waals surface area contributed by atoms with Crippen LogP contribution in [0.1, 0.15) is 45.6 Å². The van der Waals surface area contributed by atoms with Crippen molar-refractivity contribution in [2.75, 3.05) is 13.7 Å². The maximum Gasteiger partial charge on any atom is 0.323 e. The second-order valence-electron chi connectivity index (χ2n) is 5.56. The SMILES string of the molecule is CCCCN(C(C)C(=O)OC)S(=O)(=O)c1ccc(CCC)cc1. The summed E-state index contributed by atoms with van der Waals surface area (Å²) < 4.78 is 31.7. The Balaban J connectivity index is 3.13. The first-order valence-electron chi connectivity index (χ1n) is 8.07. The van der Waals surface area contributed by atoms with Crippen LogP contribution in [-0.4, -0.2) is 38.4 Å². The van der Waals surface area contributed by atoms with Gasteiger partial charge in [0.15, 0.2) is 0 Å². The Bertz CT molecular complexity index is 596. The lowest BCUT2D eigenvalue weighted by Gasteiger charge is -2.26. The molecule has 1 aromatic carbocycles. The van der Waals surface area contributed by atoms with Crippen molar-refractivity contribution in [3.63, 3.8) is 0 Å². The van der Waals surface area contributed by atoms with Gasteiger partial charge >= 0.3 is 5.97 Å². The van der Waals surface area contributed by atoms with Crippen molar-refractivity contribution in [1.29, 1.82) is 0 Å². The van der Waals surface area contributed by atoms with Gasteiger partial charge in [-0.25, -0.2) is 8.42 Å². The van der Waals surface area contributed by atoms with E-state index >= 15 is 0 Å². The fourth-order valence-electron chi connectivity index (χ4n) is 2.38. The predicted octanol–water partition coefficient (Wildman–Crippen LogP) is 2.99. The third-order valence-electron chi connectivity index (χ3n) is 3.77. The molecule has 0 aliphatic heterocycles. The van der Waals surface area contributed by atoms with E-state index in [4.69, 9.17) is 4.74 Å². The number of carbonyl (C=O) groups is 1. The van der Waals surface area contributed by atoms with Gasteiger partial charge in [-0.15, -0.1) is 0 Å². The Kier molecular flexibility index (Phi) is 7.72. The number of methoxy groups -OCH3 is 1. The van der Waals surface area contributed by atoms with E-state index in [2.05, 4.69) is 6.92 Å². The summed E-state index contributed by atoms with van der Waals surface area (Å²) in [5.41, 5.74) is 1.10. The first-order valence-corrected chi connectivity index (χ1v) is 9.51. The summed E-state index contributed by atoms with van der Waals surface area (Å²) in [6, 6.07) is 6.05. The van der Waals surface area contributed by atoms with E-state index in [0.717, 1.165) is 24.8 Å². The summed E-state index contributed by atoms with van der Waals surface area (Å²) in [5, 5.41) is 0. The molecule has 0 N–H and O–H groups in total. The summed E-state index contributed by atoms with van der Waals surface area (Å²) in [5.74, 6) is -0.549. The van der Waals surface area contributed by atoms with E-state index < -0.39 is 22.0 Å². The van der Waals surface area contributed by atoms with Crippen LogP contribution in [0.5, 0.6) is 0 Å². The summed E-state index contributed by atoms with van der Waals surface area (Å²) in [4.78, 5) is 12.0. The summed E-state index contributed by atoms with van der Waals surface area (Å²) in [6.07, 6.45) is 3.45. The number of rotatable bonds is 9. The summed E-state index contributed by atoms with van der Waals surface area (Å²) in [6.45, 7) is 5.92. The van der Waals surface area contributed by atoms with E-state index in [1.807, 2.05) is 19.1 Å². The van der Waals surface area contributed by atoms with Crippen LogP contribution in [0.3, 0.4) is 0 Å². The first-order chi connectivity index (χ1) is 10.9. The average molecular weight is 341 g/mol. The highest BCUT2D eigenvalue weighted by atomic mass is 32.2. The molecule has 0 saturated carbocycles. The molecule has 0 amide bonds. The monoisotopic (exact) mass is 341 g/mol. The van der Waals surface area contributed by atoms with Gasteiger partial charge in [0, 0.05) is 6.54 Å². The van der Waals surface area contributed by atoms with E-state index in [1.54, 1.807) is 19.1 Å². The molecule has 0 aliphatic carbocycles. The Morgan fingerprint density at radius 2 is 1.78 bits per heavy atom. The molecule has 0 aliphatic rings. The Hall–Kier alpha value is -1.40. The molecule has 5 nitrogen and oxygen atoms in total. The number of nitrogens with zero attached hydrogens (tertiary/aromatic N) is 1. The second kappa shape index (κ2) is 9.03. The van der Waals surface area contributed by atoms with Gasteiger partial charge in [0.2, 0.25) is 10.0 Å². The van der Waals surface area contributed by atoms with Crippen LogP contribution >= 0.6 is 0 Å². The van der Waals surface area contributed by atoms with Gasteiger partial charge in [-0.1, -0.05) is 38.8 Å². The van der Waals surface area contributed by atoms with E-state index in [0.29, 0.717) is 13.0 Å². The minimum absolute atomic E-state index is 0.212. The van der Waals surface area contributed by atoms with Crippen molar-refractivity contribution in [2.45, 2.75) is 57.4 Å². The summed E-state index contributed by atoms with van der Waals surface area (Å²) >= 11 is 0. The van der Waals surface area contributed by atoms with E-state index in [1.165, 1.54) is 11.4 Å². The van der Waals surface area contributed by atoms with Gasteiger partial charge < -0.3 is 4.74 Å². The van der Waals surface area contributed by atoms with E-state index in [-0.39, 0.29) is 4.90 Å². The minimum atomic E-state index is -3.73. The Morgan fingerprint density at radius 3 is 2.26 bits per heavy atom. The van der Waals surface area contributed by atoms with Crippen molar-refractivity contribution in [2.24, 2.45) is 0 Å². The molecule has 0 bridgehead atoms. The van der Waals surface area contributed by atoms with Crippen LogP contribution in [0.15, 0.2) is 29.2 Å². The lowest BCUT2D eigenvalue weighted by Crippen LogP contribution is -2.44. The molecule has 1 aromatic rings. The third-order valence-corrected chi connectivity index (χ3v) is 5.76. The Morgan fingerprint density at radius 1 is 1.17 bits per heavy atom. The smallest absolute Gasteiger partial charge is 0.323 e. The van der Waals surface area contributed by atoms with Crippen molar-refractivity contribution >= 4 is 16.0 Å². The predicted molar refractivity (Wildman–Crippen MR) is 90.7 cm³/mol. The maximum atomic E-state index is 12.9. The standard InChI is InChI=1S/C17H27NO4S/c1-5-7-13-18(14(3)17(19)22-4)23(20,21)16-11-9-15(8-6-2)10-12-16/h9-12,14H,5-8,13H2,1-4H3. The second-order valence-corrected chi connectivity index (χ2v) is 7.45. The number of carbonyl (C=O) groups excluding carboxylic acids is 1. The van der Waals surface area contributed by atoms with Gasteiger partial charge in [0.1, 0.15) is 6.04 Å². The number of benzene rings is 1. The molecule has 1 atom stereocenters. The molecule has 0 fully saturated rings. The number of aryl methyl sites for hydroxylation is 1. The zero-order valence-electron chi connectivity index (χ0n) is 14.4. The van der Waals surface area contributed by atoms with Crippen LogP contribution in [0.2, 0.25) is 0 Å². The van der Waals surface area contributed by atoms with Crippen molar-refractivity contribution in [1.82, 2.24) is 4.31 Å². The number of sulfonamides is 1. The third kappa shape index (κ3) is 5.04. The van der Waals surface area contributed by atoms with Gasteiger partial charge in [0.25, 0.3) is 0 Å². The largest absolute Gasteiger partial charge is 0.468 e. The van der Waals surface area contributed by atoms with Crippen LogP contribution < -0.4 is 0 Å². The molecule has 1 rings (SSSR count). The van der Waals surface area contributed by atoms with Gasteiger partial charge in [0.05, 0.1) is 12.0 Å². The topological polar surface area (TPSA) is 63.7 Å². The lowest BCUT2D eigenvalue weighted by molar-refractivity contribution is -0.144. The molecule has 0 heterocycles. The highest BCUT2D eigenvalue weighted by Crippen LogP contribution is 2.20. The summed E-state index contributed by atoms with van der Waals surface area (Å²) in [7, 11) is -2.46. The van der Waals surface area contributed by atoms with Crippen LogP contribution in [0.4, 0.5) is 0 Å². The van der Waals surface area contributed by atoms with Crippen LogP contribution in [0, 0.1) is 0 Å². The van der Waals surface area contributed by atoms with Crippen LogP contribution in [-0.2, 0) is 26.0 Å². The maximum absolute atomic E-state index is 12.9. The molecular formula is C17H27NO4S. The van der Waals surface area contributed by atoms with E-state index in [9.17, 15) is 13.2 Å². The Labute approximate surface area is 139 Å². The highest BCUT2D eigenvalue weighted by Gasteiger charge is 2.33. The molecule has 0 radical (unpaired) electrons. The lowest BCUT2D eigenvalue weighted by atomic mass is 10.1. The van der Waals surface area contributed by atoms with Crippen molar-refractivity contribution in [3.8, 4) is 0 Å². The zero-order valence-corrected chi connectivity index (χ0v) is 15.2. The number of esters is 1. The van der Waals surface area contributed by atoms with Crippen molar-refractivity contribution in [3.05, 3.63) is 29.8 Å². The minimum Gasteiger partial charge on any atom is -0.468 e. The normalized spacial score (nSPS) is 13.1. The fourth-order valence-corrected chi connectivity index (χ4v) is 4.00. The molecule has 130 valence electrons. The fraction of sp³-hybridized carbons (Fsp3) is 0.588. The molecule has 6 heteroatoms. The van der Waals surface area contributed by atoms with Gasteiger partial charge in [-0.3, -0.25) is 4.79 Å². The zero-order chi connectivity index (χ0) is 17.5. The highest BCUT2D eigenvalue weighted by molar-refractivity contribution is 7.89. The number of hydrogen-bond donors (Lipinski definition) is 0. The average Bonchev–Trinajstić information content (AvgIpc) is 2.54. The van der Waals surface area contributed by atoms with Gasteiger partial charge in [-0.2, -0.15) is 4.31 Å². The quantitative estimate of drug-likeness (QED) is 0.648. The molecule has 1 unspecified atom stereocenters. The van der Waals surface area contributed by atoms with Crippen molar-refractivity contribution < 1.29 is 17.9 Å². The molecule has 0 aromatic heterocycles. The number of unbranched alkanes of at least 4 members (excludes halogenated alkanes) is 1. The number of hydrogen-bond acceptors (Lipinski definition) is 4.